The molecule has 2 aromatic rings. The monoisotopic (exact) mass is 327 g/mol. The summed E-state index contributed by atoms with van der Waals surface area (Å²) in [5.41, 5.74) is 1.85. The van der Waals surface area contributed by atoms with Crippen LogP contribution in [0.3, 0.4) is 0 Å². The number of hydrogen-bond donors (Lipinski definition) is 0. The van der Waals surface area contributed by atoms with Gasteiger partial charge in [-0.05, 0) is 36.7 Å². The van der Waals surface area contributed by atoms with E-state index in [-0.39, 0.29) is 5.78 Å². The summed E-state index contributed by atoms with van der Waals surface area (Å²) in [4.78, 5) is 17.0. The van der Waals surface area contributed by atoms with Gasteiger partial charge >= 0.3 is 0 Å². The van der Waals surface area contributed by atoms with E-state index >= 15 is 0 Å². The summed E-state index contributed by atoms with van der Waals surface area (Å²) in [6, 6.07) is 0. The number of carbonyl (C=O) groups excluding carboxylic acids is 1. The molecular weight excluding hydrogens is 314 g/mol. The third kappa shape index (κ3) is 2.54. The molecule has 0 N–H and O–H groups in total. The van der Waals surface area contributed by atoms with Gasteiger partial charge in [-0.3, -0.25) is 9.48 Å². The zero-order valence-corrected chi connectivity index (χ0v) is 12.9. The Bertz CT molecular complexity index is 588. The number of thiazole rings is 1. The van der Waals surface area contributed by atoms with E-state index < -0.39 is 0 Å². The standard InChI is InChI=1S/C12H14BrN3OS/c1-4-16-9(12(13)7(2)15-16)5-10(17)11-6-14-8(3)18-11/h6H,4-5H2,1-3H3. The number of carbonyl (C=O) groups is 1. The Kier molecular flexibility index (Phi) is 3.97. The number of aryl methyl sites for hydroxylation is 3. The first kappa shape index (κ1) is 13.4. The average Bonchev–Trinajstić information content (AvgIpc) is 2.88. The van der Waals surface area contributed by atoms with Crippen LogP contribution < -0.4 is 0 Å². The van der Waals surface area contributed by atoms with Gasteiger partial charge in [0.1, 0.15) is 0 Å². The molecular formula is C12H14BrN3OS. The van der Waals surface area contributed by atoms with Crippen molar-refractivity contribution in [1.82, 2.24) is 14.8 Å². The number of rotatable bonds is 4. The number of ketones is 1. The SMILES string of the molecule is CCn1nc(C)c(Br)c1CC(=O)c1cnc(C)s1. The number of halogens is 1. The zero-order chi connectivity index (χ0) is 13.3. The Morgan fingerprint density at radius 3 is 2.78 bits per heavy atom. The Morgan fingerprint density at radius 2 is 2.22 bits per heavy atom. The summed E-state index contributed by atoms with van der Waals surface area (Å²) in [7, 11) is 0. The molecule has 0 aromatic carbocycles. The highest BCUT2D eigenvalue weighted by Crippen LogP contribution is 2.23. The van der Waals surface area contributed by atoms with Crippen LogP contribution in [-0.2, 0) is 13.0 Å². The second-order valence-electron chi connectivity index (χ2n) is 4.01. The molecule has 18 heavy (non-hydrogen) atoms. The Hall–Kier alpha value is -1.01. The molecule has 0 saturated heterocycles. The van der Waals surface area contributed by atoms with Gasteiger partial charge in [0.05, 0.1) is 32.2 Å². The molecule has 0 fully saturated rings. The zero-order valence-electron chi connectivity index (χ0n) is 10.5. The maximum absolute atomic E-state index is 12.2. The molecule has 2 rings (SSSR count). The van der Waals surface area contributed by atoms with Gasteiger partial charge in [0.2, 0.25) is 0 Å². The molecule has 0 saturated carbocycles. The highest BCUT2D eigenvalue weighted by Gasteiger charge is 2.17. The van der Waals surface area contributed by atoms with Crippen molar-refractivity contribution in [3.05, 3.63) is 31.9 Å². The summed E-state index contributed by atoms with van der Waals surface area (Å²) in [6.07, 6.45) is 2.01. The van der Waals surface area contributed by atoms with Crippen molar-refractivity contribution in [2.24, 2.45) is 0 Å². The molecule has 0 bridgehead atoms. The Labute approximate surface area is 118 Å². The molecule has 0 radical (unpaired) electrons. The average molecular weight is 328 g/mol. The summed E-state index contributed by atoms with van der Waals surface area (Å²) >= 11 is 4.94. The fourth-order valence-electron chi connectivity index (χ4n) is 1.77. The number of nitrogens with zero attached hydrogens (tertiary/aromatic N) is 3. The van der Waals surface area contributed by atoms with Gasteiger partial charge in [-0.25, -0.2) is 4.98 Å². The molecule has 96 valence electrons. The van der Waals surface area contributed by atoms with E-state index in [0.717, 1.165) is 27.4 Å². The van der Waals surface area contributed by atoms with Gasteiger partial charge in [-0.1, -0.05) is 0 Å². The van der Waals surface area contributed by atoms with Crippen molar-refractivity contribution < 1.29 is 4.79 Å². The van der Waals surface area contributed by atoms with Crippen molar-refractivity contribution in [1.29, 1.82) is 0 Å². The molecule has 2 heterocycles. The van der Waals surface area contributed by atoms with Crippen molar-refractivity contribution in [3.63, 3.8) is 0 Å². The molecule has 0 aliphatic heterocycles. The van der Waals surface area contributed by atoms with Crippen LogP contribution in [0.5, 0.6) is 0 Å². The summed E-state index contributed by atoms with van der Waals surface area (Å²) in [6.45, 7) is 6.61. The lowest BCUT2D eigenvalue weighted by Gasteiger charge is -2.03. The first-order valence-corrected chi connectivity index (χ1v) is 7.31. The predicted octanol–water partition coefficient (Wildman–Crippen LogP) is 3.16. The number of aromatic nitrogens is 3. The topological polar surface area (TPSA) is 47.8 Å². The molecule has 0 atom stereocenters. The Morgan fingerprint density at radius 1 is 1.50 bits per heavy atom. The van der Waals surface area contributed by atoms with Crippen LogP contribution >= 0.6 is 27.3 Å². The van der Waals surface area contributed by atoms with E-state index in [9.17, 15) is 4.79 Å². The lowest BCUT2D eigenvalue weighted by atomic mass is 10.2. The molecule has 6 heteroatoms. The smallest absolute Gasteiger partial charge is 0.180 e. The minimum atomic E-state index is 0.0934. The van der Waals surface area contributed by atoms with Crippen LogP contribution in [0, 0.1) is 13.8 Å². The number of hydrogen-bond acceptors (Lipinski definition) is 4. The van der Waals surface area contributed by atoms with Crippen LogP contribution in [0.15, 0.2) is 10.7 Å². The van der Waals surface area contributed by atoms with Crippen molar-refractivity contribution >= 4 is 33.0 Å². The van der Waals surface area contributed by atoms with Crippen LogP contribution in [0.1, 0.15) is 33.0 Å². The van der Waals surface area contributed by atoms with Crippen molar-refractivity contribution in [3.8, 4) is 0 Å². The largest absolute Gasteiger partial charge is 0.293 e. The third-order valence-corrected chi connectivity index (χ3v) is 4.66. The van der Waals surface area contributed by atoms with E-state index in [1.807, 2.05) is 25.5 Å². The molecule has 0 amide bonds. The third-order valence-electron chi connectivity index (χ3n) is 2.68. The highest BCUT2D eigenvalue weighted by molar-refractivity contribution is 9.10. The van der Waals surface area contributed by atoms with E-state index in [1.165, 1.54) is 11.3 Å². The summed E-state index contributed by atoms with van der Waals surface area (Å²) in [5, 5.41) is 5.30. The maximum atomic E-state index is 12.2. The van der Waals surface area contributed by atoms with Gasteiger partial charge in [-0.15, -0.1) is 11.3 Å². The molecule has 0 aliphatic carbocycles. The lowest BCUT2D eigenvalue weighted by molar-refractivity contribution is 0.0994. The van der Waals surface area contributed by atoms with E-state index in [2.05, 4.69) is 26.0 Å². The van der Waals surface area contributed by atoms with Gasteiger partial charge in [0.25, 0.3) is 0 Å². The first-order chi connectivity index (χ1) is 8.52. The van der Waals surface area contributed by atoms with Gasteiger partial charge in [-0.2, -0.15) is 5.10 Å². The van der Waals surface area contributed by atoms with E-state index in [0.29, 0.717) is 11.3 Å². The van der Waals surface area contributed by atoms with E-state index in [4.69, 9.17) is 0 Å². The highest BCUT2D eigenvalue weighted by atomic mass is 79.9. The van der Waals surface area contributed by atoms with Crippen LogP contribution in [0.2, 0.25) is 0 Å². The van der Waals surface area contributed by atoms with Crippen molar-refractivity contribution in [2.75, 3.05) is 0 Å². The van der Waals surface area contributed by atoms with Crippen molar-refractivity contribution in [2.45, 2.75) is 33.7 Å². The van der Waals surface area contributed by atoms with E-state index in [1.54, 1.807) is 6.20 Å². The lowest BCUT2D eigenvalue weighted by Crippen LogP contribution is -2.09. The number of Topliss-reactive ketones (excluding diaryl/α,β-unsaturated/α-hetero) is 1. The maximum Gasteiger partial charge on any atom is 0.180 e. The van der Waals surface area contributed by atoms with Gasteiger partial charge in [0, 0.05) is 12.7 Å². The molecule has 2 aromatic heterocycles. The summed E-state index contributed by atoms with van der Waals surface area (Å²) in [5.74, 6) is 0.0934. The molecule has 0 aliphatic rings. The van der Waals surface area contributed by atoms with Crippen LogP contribution in [-0.4, -0.2) is 20.5 Å². The Balaban J connectivity index is 2.26. The fourth-order valence-corrected chi connectivity index (χ4v) is 2.91. The van der Waals surface area contributed by atoms with Gasteiger partial charge in [0.15, 0.2) is 5.78 Å². The molecule has 0 unspecified atom stereocenters. The second kappa shape index (κ2) is 5.32. The molecule has 4 nitrogen and oxygen atoms in total. The molecule has 0 spiro atoms. The second-order valence-corrected chi connectivity index (χ2v) is 6.03. The normalized spacial score (nSPS) is 10.9. The quantitative estimate of drug-likeness (QED) is 0.810. The minimum absolute atomic E-state index is 0.0934. The summed E-state index contributed by atoms with van der Waals surface area (Å²) < 4.78 is 2.80. The minimum Gasteiger partial charge on any atom is -0.293 e. The predicted molar refractivity (Wildman–Crippen MR) is 75.2 cm³/mol. The fraction of sp³-hybridized carbons (Fsp3) is 0.417. The first-order valence-electron chi connectivity index (χ1n) is 5.70. The van der Waals surface area contributed by atoms with Crippen LogP contribution in [0.25, 0.3) is 0 Å². The van der Waals surface area contributed by atoms with Gasteiger partial charge < -0.3 is 0 Å². The van der Waals surface area contributed by atoms with Crippen LogP contribution in [0.4, 0.5) is 0 Å².